The molecule has 25 heavy (non-hydrogen) atoms. The van der Waals surface area contributed by atoms with E-state index in [1.54, 1.807) is 11.0 Å². The van der Waals surface area contributed by atoms with Crippen molar-refractivity contribution in [2.75, 3.05) is 19.6 Å². The highest BCUT2D eigenvalue weighted by Gasteiger charge is 2.30. The zero-order valence-electron chi connectivity index (χ0n) is 13.7. The van der Waals surface area contributed by atoms with Crippen molar-refractivity contribution in [3.8, 4) is 0 Å². The normalized spacial score (nSPS) is 18.2. The Hall–Kier alpha value is -1.99. The minimum atomic E-state index is -0.643. The second kappa shape index (κ2) is 6.72. The monoisotopic (exact) mass is 363 g/mol. The molecule has 4 rings (SSSR count). The maximum atomic E-state index is 14.1. The van der Waals surface area contributed by atoms with Crippen LogP contribution >= 0.6 is 11.6 Å². The number of fused-ring (bicyclic) bond motifs is 1. The Morgan fingerprint density at radius 2 is 2.04 bits per heavy atom. The van der Waals surface area contributed by atoms with Crippen molar-refractivity contribution in [1.82, 2.24) is 25.0 Å². The molecule has 0 saturated carbocycles. The predicted molar refractivity (Wildman–Crippen MR) is 91.0 cm³/mol. The zero-order valence-corrected chi connectivity index (χ0v) is 14.5. The van der Waals surface area contributed by atoms with Crippen molar-refractivity contribution in [3.05, 3.63) is 46.3 Å². The summed E-state index contributed by atoms with van der Waals surface area (Å²) in [7, 11) is 0. The molecule has 1 N–H and O–H groups in total. The molecular weight excluding hydrogens is 345 g/mol. The average molecular weight is 364 g/mol. The van der Waals surface area contributed by atoms with Gasteiger partial charge in [0.2, 0.25) is 0 Å². The van der Waals surface area contributed by atoms with Crippen LogP contribution in [0.4, 0.5) is 4.39 Å². The molecule has 2 aromatic rings. The summed E-state index contributed by atoms with van der Waals surface area (Å²) in [4.78, 5) is 14.3. The predicted octanol–water partition coefficient (Wildman–Crippen LogP) is 2.19. The van der Waals surface area contributed by atoms with E-state index in [1.807, 2.05) is 0 Å². The van der Waals surface area contributed by atoms with Crippen molar-refractivity contribution in [2.24, 2.45) is 0 Å². The quantitative estimate of drug-likeness (QED) is 0.888. The van der Waals surface area contributed by atoms with Gasteiger partial charge in [-0.2, -0.15) is 0 Å². The van der Waals surface area contributed by atoms with Gasteiger partial charge in [0.25, 0.3) is 5.91 Å². The summed E-state index contributed by atoms with van der Waals surface area (Å²) in [5.74, 6) is 1.33. The highest BCUT2D eigenvalue weighted by atomic mass is 35.5. The van der Waals surface area contributed by atoms with Gasteiger partial charge in [0.1, 0.15) is 11.6 Å². The molecule has 132 valence electrons. The van der Waals surface area contributed by atoms with E-state index in [0.717, 1.165) is 44.1 Å². The maximum absolute atomic E-state index is 14.1. The number of rotatable bonds is 2. The van der Waals surface area contributed by atoms with Crippen LogP contribution in [0.15, 0.2) is 18.2 Å². The van der Waals surface area contributed by atoms with Crippen molar-refractivity contribution in [2.45, 2.75) is 31.8 Å². The first-order valence-corrected chi connectivity index (χ1v) is 8.89. The van der Waals surface area contributed by atoms with Crippen molar-refractivity contribution in [1.29, 1.82) is 0 Å². The molecule has 0 radical (unpaired) electrons. The van der Waals surface area contributed by atoms with Gasteiger partial charge in [0.05, 0.1) is 17.1 Å². The van der Waals surface area contributed by atoms with Crippen molar-refractivity contribution >= 4 is 17.5 Å². The summed E-state index contributed by atoms with van der Waals surface area (Å²) in [6.45, 7) is 3.71. The van der Waals surface area contributed by atoms with Crippen LogP contribution in [0.1, 0.15) is 40.8 Å². The van der Waals surface area contributed by atoms with Crippen LogP contribution in [0, 0.1) is 5.82 Å². The van der Waals surface area contributed by atoms with E-state index in [2.05, 4.69) is 20.1 Å². The van der Waals surface area contributed by atoms with Crippen LogP contribution in [-0.4, -0.2) is 45.2 Å². The molecule has 1 aromatic carbocycles. The first-order valence-electron chi connectivity index (χ1n) is 8.51. The number of amides is 1. The van der Waals surface area contributed by atoms with E-state index < -0.39 is 5.82 Å². The molecule has 6 nitrogen and oxygen atoms in total. The molecule has 0 atom stereocenters. The molecule has 0 aliphatic carbocycles. The number of nitrogens with one attached hydrogen (secondary N) is 1. The lowest BCUT2D eigenvalue weighted by atomic mass is 9.95. The van der Waals surface area contributed by atoms with Gasteiger partial charge in [0, 0.05) is 32.1 Å². The summed E-state index contributed by atoms with van der Waals surface area (Å²) < 4.78 is 16.3. The number of likely N-dealkylation sites (tertiary alicyclic amines) is 1. The third-order valence-corrected chi connectivity index (χ3v) is 5.27. The fourth-order valence-corrected chi connectivity index (χ4v) is 3.77. The molecule has 1 amide bonds. The molecule has 2 aliphatic rings. The minimum absolute atomic E-state index is 0.0237. The molecule has 3 heterocycles. The number of benzene rings is 1. The lowest BCUT2D eigenvalue weighted by Gasteiger charge is -2.32. The van der Waals surface area contributed by atoms with Gasteiger partial charge in [0.15, 0.2) is 5.82 Å². The lowest BCUT2D eigenvalue weighted by Crippen LogP contribution is -2.39. The maximum Gasteiger partial charge on any atom is 0.256 e. The second-order valence-corrected chi connectivity index (χ2v) is 6.88. The summed E-state index contributed by atoms with van der Waals surface area (Å²) in [5, 5.41) is 11.9. The van der Waals surface area contributed by atoms with Gasteiger partial charge >= 0.3 is 0 Å². The van der Waals surface area contributed by atoms with Crippen LogP contribution in [0.2, 0.25) is 5.02 Å². The fraction of sp³-hybridized carbons (Fsp3) is 0.471. The van der Waals surface area contributed by atoms with E-state index in [9.17, 15) is 9.18 Å². The molecule has 0 unspecified atom stereocenters. The molecule has 1 aromatic heterocycles. The van der Waals surface area contributed by atoms with Crippen molar-refractivity contribution in [3.63, 3.8) is 0 Å². The molecule has 8 heteroatoms. The van der Waals surface area contributed by atoms with E-state index in [-0.39, 0.29) is 22.4 Å². The van der Waals surface area contributed by atoms with Crippen LogP contribution < -0.4 is 5.32 Å². The van der Waals surface area contributed by atoms with Crippen LogP contribution in [0.3, 0.4) is 0 Å². The smallest absolute Gasteiger partial charge is 0.256 e. The van der Waals surface area contributed by atoms with E-state index in [0.29, 0.717) is 13.1 Å². The summed E-state index contributed by atoms with van der Waals surface area (Å²) >= 11 is 5.79. The highest BCUT2D eigenvalue weighted by Crippen LogP contribution is 2.29. The first kappa shape index (κ1) is 16.5. The molecule has 0 spiro atoms. The van der Waals surface area contributed by atoms with Crippen LogP contribution in [-0.2, 0) is 13.1 Å². The molecule has 2 aliphatic heterocycles. The van der Waals surface area contributed by atoms with Crippen LogP contribution in [0.5, 0.6) is 0 Å². The van der Waals surface area contributed by atoms with Gasteiger partial charge in [-0.25, -0.2) is 4.39 Å². The number of hydrogen-bond donors (Lipinski definition) is 1. The number of nitrogens with zero attached hydrogens (tertiary/aromatic N) is 4. The topological polar surface area (TPSA) is 63.1 Å². The second-order valence-electron chi connectivity index (χ2n) is 6.47. The zero-order chi connectivity index (χ0) is 17.4. The number of halogens is 2. The SMILES string of the molecule is O=C(c1cccc(Cl)c1F)N1CCC(c2nnc3n2CCNC3)CC1. The van der Waals surface area contributed by atoms with Crippen molar-refractivity contribution < 1.29 is 9.18 Å². The number of piperidine rings is 1. The standard InChI is InChI=1S/C17H19ClFN5O/c18-13-3-1-2-12(15(13)19)17(25)23-7-4-11(5-8-23)16-22-21-14-10-20-6-9-24(14)16/h1-3,11,20H,4-10H2. The largest absolute Gasteiger partial charge is 0.339 e. The number of carbonyl (C=O) groups is 1. The Morgan fingerprint density at radius 1 is 1.24 bits per heavy atom. The Morgan fingerprint density at radius 3 is 2.84 bits per heavy atom. The Balaban J connectivity index is 1.46. The number of aromatic nitrogens is 3. The van der Waals surface area contributed by atoms with Gasteiger partial charge in [-0.05, 0) is 25.0 Å². The minimum Gasteiger partial charge on any atom is -0.339 e. The van der Waals surface area contributed by atoms with E-state index >= 15 is 0 Å². The molecule has 1 saturated heterocycles. The molecular formula is C17H19ClFN5O. The highest BCUT2D eigenvalue weighted by molar-refractivity contribution is 6.31. The van der Waals surface area contributed by atoms with E-state index in [1.165, 1.54) is 12.1 Å². The molecule has 0 bridgehead atoms. The van der Waals surface area contributed by atoms with Gasteiger partial charge < -0.3 is 14.8 Å². The third kappa shape index (κ3) is 3.02. The van der Waals surface area contributed by atoms with Gasteiger partial charge in [-0.15, -0.1) is 10.2 Å². The average Bonchev–Trinajstić information content (AvgIpc) is 3.08. The summed E-state index contributed by atoms with van der Waals surface area (Å²) in [6.07, 6.45) is 1.61. The first-order chi connectivity index (χ1) is 12.1. The lowest BCUT2D eigenvalue weighted by molar-refractivity contribution is 0.0705. The summed E-state index contributed by atoms with van der Waals surface area (Å²) in [5.41, 5.74) is 0.0388. The number of hydrogen-bond acceptors (Lipinski definition) is 4. The van der Waals surface area contributed by atoms with Gasteiger partial charge in [-0.3, -0.25) is 4.79 Å². The Kier molecular flexibility index (Phi) is 4.43. The molecule has 1 fully saturated rings. The number of carbonyl (C=O) groups excluding carboxylic acids is 1. The van der Waals surface area contributed by atoms with Crippen LogP contribution in [0.25, 0.3) is 0 Å². The third-order valence-electron chi connectivity index (χ3n) is 4.98. The summed E-state index contributed by atoms with van der Waals surface area (Å²) in [6, 6.07) is 4.53. The Labute approximate surface area is 150 Å². The van der Waals surface area contributed by atoms with Gasteiger partial charge in [-0.1, -0.05) is 17.7 Å². The fourth-order valence-electron chi connectivity index (χ4n) is 3.60. The van der Waals surface area contributed by atoms with E-state index in [4.69, 9.17) is 11.6 Å². The Bertz CT molecular complexity index is 800.